The number of hydrogen-bond acceptors (Lipinski definition) is 2. The molecular weight excluding hydrogens is 294 g/mol. The van der Waals surface area contributed by atoms with Crippen molar-refractivity contribution in [1.29, 1.82) is 0 Å². The van der Waals surface area contributed by atoms with Crippen LogP contribution in [-0.4, -0.2) is 4.75 Å². The summed E-state index contributed by atoms with van der Waals surface area (Å²) in [4.78, 5) is 0. The maximum atomic E-state index is 3.71. The van der Waals surface area contributed by atoms with Gasteiger partial charge in [-0.3, -0.25) is 4.72 Å². The lowest BCUT2D eigenvalue weighted by Crippen LogP contribution is -2.46. The number of nitrogens with one attached hydrogen (secondary N) is 1. The van der Waals surface area contributed by atoms with E-state index in [4.69, 9.17) is 0 Å². The summed E-state index contributed by atoms with van der Waals surface area (Å²) in [6, 6.07) is 8.75. The molecule has 1 nitrogen and oxygen atoms in total. The second-order valence-electron chi connectivity index (χ2n) is 5.76. The van der Waals surface area contributed by atoms with E-state index in [1.54, 1.807) is 0 Å². The molecule has 0 aromatic heterocycles. The molecular formula is C14H20BrNS. The SMILES string of the molecule is CC(C)(C)SNC1(c2ccc(Br)cc2)CCC1. The minimum atomic E-state index is 0.207. The highest BCUT2D eigenvalue weighted by Crippen LogP contribution is 2.44. The third-order valence-corrected chi connectivity index (χ3v) is 4.79. The third kappa shape index (κ3) is 3.27. The molecule has 0 atom stereocenters. The zero-order valence-corrected chi connectivity index (χ0v) is 13.1. The van der Waals surface area contributed by atoms with Gasteiger partial charge in [-0.1, -0.05) is 40.0 Å². The standard InChI is InChI=1S/C14H20BrNS/c1-13(2,3)17-16-14(9-4-10-14)11-5-7-12(15)8-6-11/h5-8,16H,4,9-10H2,1-3H3. The molecule has 1 aliphatic carbocycles. The summed E-state index contributed by atoms with van der Waals surface area (Å²) in [7, 11) is 0. The summed E-state index contributed by atoms with van der Waals surface area (Å²) < 4.78 is 5.12. The lowest BCUT2D eigenvalue weighted by molar-refractivity contribution is 0.230. The van der Waals surface area contributed by atoms with E-state index < -0.39 is 0 Å². The Morgan fingerprint density at radius 2 is 1.76 bits per heavy atom. The fourth-order valence-electron chi connectivity index (χ4n) is 2.00. The highest BCUT2D eigenvalue weighted by atomic mass is 79.9. The number of rotatable bonds is 3. The molecule has 0 heterocycles. The lowest BCUT2D eigenvalue weighted by Gasteiger charge is -2.44. The fraction of sp³-hybridized carbons (Fsp3) is 0.571. The smallest absolute Gasteiger partial charge is 0.0531 e. The van der Waals surface area contributed by atoms with Crippen molar-refractivity contribution in [3.63, 3.8) is 0 Å². The molecule has 94 valence electrons. The van der Waals surface area contributed by atoms with E-state index in [-0.39, 0.29) is 10.3 Å². The van der Waals surface area contributed by atoms with Gasteiger partial charge in [-0.15, -0.1) is 0 Å². The van der Waals surface area contributed by atoms with E-state index in [1.807, 2.05) is 11.9 Å². The van der Waals surface area contributed by atoms with Gasteiger partial charge in [0.25, 0.3) is 0 Å². The summed E-state index contributed by atoms with van der Waals surface area (Å²) >= 11 is 5.35. The molecule has 1 aromatic rings. The average Bonchev–Trinajstić information content (AvgIpc) is 2.17. The van der Waals surface area contributed by atoms with Crippen molar-refractivity contribution in [3.8, 4) is 0 Å². The van der Waals surface area contributed by atoms with Gasteiger partial charge < -0.3 is 0 Å². The third-order valence-electron chi connectivity index (χ3n) is 3.16. The Bertz CT molecular complexity index is 376. The molecule has 0 unspecified atom stereocenters. The van der Waals surface area contributed by atoms with Crippen LogP contribution >= 0.6 is 27.9 Å². The van der Waals surface area contributed by atoms with Crippen LogP contribution in [-0.2, 0) is 5.54 Å². The monoisotopic (exact) mass is 313 g/mol. The predicted molar refractivity (Wildman–Crippen MR) is 80.2 cm³/mol. The first-order chi connectivity index (χ1) is 7.91. The molecule has 0 amide bonds. The van der Waals surface area contributed by atoms with Crippen LogP contribution in [0.1, 0.15) is 45.6 Å². The summed E-state index contributed by atoms with van der Waals surface area (Å²) in [6.07, 6.45) is 3.82. The van der Waals surface area contributed by atoms with Crippen LogP contribution in [0.2, 0.25) is 0 Å². The topological polar surface area (TPSA) is 12.0 Å². The molecule has 0 bridgehead atoms. The first-order valence-corrected chi connectivity index (χ1v) is 7.74. The van der Waals surface area contributed by atoms with Gasteiger partial charge in [0.2, 0.25) is 0 Å². The van der Waals surface area contributed by atoms with Crippen LogP contribution in [0.25, 0.3) is 0 Å². The van der Waals surface area contributed by atoms with Gasteiger partial charge in [0.1, 0.15) is 0 Å². The highest BCUT2D eigenvalue weighted by molar-refractivity contribution is 9.10. The second kappa shape index (κ2) is 4.94. The molecule has 3 heteroatoms. The molecule has 2 rings (SSSR count). The van der Waals surface area contributed by atoms with E-state index in [0.717, 1.165) is 4.47 Å². The van der Waals surface area contributed by atoms with Crippen molar-refractivity contribution in [3.05, 3.63) is 34.3 Å². The van der Waals surface area contributed by atoms with Crippen molar-refractivity contribution in [2.24, 2.45) is 0 Å². The highest BCUT2D eigenvalue weighted by Gasteiger charge is 2.39. The quantitative estimate of drug-likeness (QED) is 0.799. The molecule has 1 fully saturated rings. The van der Waals surface area contributed by atoms with Gasteiger partial charge in [-0.05, 0) is 57.7 Å². The Kier molecular flexibility index (Phi) is 3.91. The van der Waals surface area contributed by atoms with Crippen LogP contribution in [0, 0.1) is 0 Å². The summed E-state index contributed by atoms with van der Waals surface area (Å²) in [5, 5.41) is 0. The maximum Gasteiger partial charge on any atom is 0.0531 e. The maximum absolute atomic E-state index is 3.71. The normalized spacial score (nSPS) is 18.8. The number of hydrogen-bond donors (Lipinski definition) is 1. The van der Waals surface area contributed by atoms with Crippen molar-refractivity contribution < 1.29 is 0 Å². The minimum absolute atomic E-state index is 0.207. The van der Waals surface area contributed by atoms with E-state index >= 15 is 0 Å². The Balaban J connectivity index is 2.11. The molecule has 0 saturated heterocycles. The Hall–Kier alpha value is 0.01000. The van der Waals surface area contributed by atoms with Gasteiger partial charge in [0.05, 0.1) is 5.54 Å². The van der Waals surface area contributed by atoms with E-state index in [1.165, 1.54) is 24.8 Å². The van der Waals surface area contributed by atoms with Crippen LogP contribution in [0.15, 0.2) is 28.7 Å². The van der Waals surface area contributed by atoms with Crippen molar-refractivity contribution in [2.75, 3.05) is 0 Å². The molecule has 0 radical (unpaired) electrons. The van der Waals surface area contributed by atoms with E-state index in [9.17, 15) is 0 Å². The zero-order valence-electron chi connectivity index (χ0n) is 10.7. The Morgan fingerprint density at radius 3 is 2.18 bits per heavy atom. The van der Waals surface area contributed by atoms with Gasteiger partial charge in [-0.2, -0.15) is 0 Å². The van der Waals surface area contributed by atoms with Gasteiger partial charge in [0, 0.05) is 9.22 Å². The first kappa shape index (κ1) is 13.4. The van der Waals surface area contributed by atoms with E-state index in [2.05, 4.69) is 65.7 Å². The van der Waals surface area contributed by atoms with Crippen LogP contribution in [0.3, 0.4) is 0 Å². The van der Waals surface area contributed by atoms with Crippen molar-refractivity contribution in [1.82, 2.24) is 4.72 Å². The average molecular weight is 314 g/mol. The number of halogens is 1. The Labute approximate surface area is 117 Å². The van der Waals surface area contributed by atoms with Crippen molar-refractivity contribution in [2.45, 2.75) is 50.3 Å². The molecule has 1 aromatic carbocycles. The predicted octanol–water partition coefficient (Wildman–Crippen LogP) is 4.86. The molecule has 17 heavy (non-hydrogen) atoms. The Morgan fingerprint density at radius 1 is 1.18 bits per heavy atom. The minimum Gasteiger partial charge on any atom is -0.253 e. The van der Waals surface area contributed by atoms with Crippen LogP contribution < -0.4 is 4.72 Å². The zero-order chi connectivity index (χ0) is 12.5. The summed E-state index contributed by atoms with van der Waals surface area (Å²) in [6.45, 7) is 6.75. The van der Waals surface area contributed by atoms with Crippen LogP contribution in [0.5, 0.6) is 0 Å². The van der Waals surface area contributed by atoms with Gasteiger partial charge in [-0.25, -0.2) is 0 Å². The van der Waals surface area contributed by atoms with E-state index in [0.29, 0.717) is 0 Å². The van der Waals surface area contributed by atoms with Crippen LogP contribution in [0.4, 0.5) is 0 Å². The molecule has 0 aliphatic heterocycles. The summed E-state index contributed by atoms with van der Waals surface area (Å²) in [5.41, 5.74) is 1.63. The molecule has 1 N–H and O–H groups in total. The van der Waals surface area contributed by atoms with Crippen molar-refractivity contribution >= 4 is 27.9 Å². The van der Waals surface area contributed by atoms with Gasteiger partial charge in [0.15, 0.2) is 0 Å². The summed E-state index contributed by atoms with van der Waals surface area (Å²) in [5.74, 6) is 0. The largest absolute Gasteiger partial charge is 0.253 e. The van der Waals surface area contributed by atoms with Gasteiger partial charge >= 0.3 is 0 Å². The lowest BCUT2D eigenvalue weighted by atomic mass is 9.73. The molecule has 0 spiro atoms. The second-order valence-corrected chi connectivity index (χ2v) is 8.31. The first-order valence-electron chi connectivity index (χ1n) is 6.13. The molecule has 1 aliphatic rings. The fourth-order valence-corrected chi connectivity index (χ4v) is 3.09. The number of benzene rings is 1. The molecule has 1 saturated carbocycles.